The Balaban J connectivity index is -0.000000120. The van der Waals surface area contributed by atoms with Crippen molar-refractivity contribution < 1.29 is 34.8 Å². The van der Waals surface area contributed by atoms with Gasteiger partial charge in [-0.3, -0.25) is 9.59 Å². The average molecular weight is 301 g/mol. The standard InChI is InChI=1S/C6H8O7.ClH.3Na.3H/c7-3(8)1-6(13,5(11)12)2-4(9)10;;;;;;;/h13H,1-2H2,(H,7,8)(H,9,10)(H,11,12);1H;;;;;;. The van der Waals surface area contributed by atoms with Crippen molar-refractivity contribution in [3.8, 4) is 0 Å². The van der Waals surface area contributed by atoms with Gasteiger partial charge in [0.15, 0.2) is 5.60 Å². The van der Waals surface area contributed by atoms with Crippen LogP contribution >= 0.6 is 12.4 Å². The van der Waals surface area contributed by atoms with Crippen LogP contribution in [0.1, 0.15) is 12.8 Å². The minimum atomic E-state index is -2.74. The van der Waals surface area contributed by atoms with E-state index in [2.05, 4.69) is 0 Å². The van der Waals surface area contributed by atoms with Crippen LogP contribution in [-0.2, 0) is 14.4 Å². The fourth-order valence-electron chi connectivity index (χ4n) is 0.714. The van der Waals surface area contributed by atoms with Crippen LogP contribution in [0.25, 0.3) is 0 Å². The number of aliphatic carboxylic acids is 3. The fraction of sp³-hybridized carbons (Fsp3) is 0.500. The van der Waals surface area contributed by atoms with E-state index in [9.17, 15) is 14.4 Å². The third-order valence-electron chi connectivity index (χ3n) is 1.29. The van der Waals surface area contributed by atoms with E-state index < -0.39 is 36.4 Å². The third kappa shape index (κ3) is 13.9. The van der Waals surface area contributed by atoms with Crippen molar-refractivity contribution in [2.45, 2.75) is 18.4 Å². The number of rotatable bonds is 5. The molecule has 0 heterocycles. The van der Waals surface area contributed by atoms with Gasteiger partial charge in [0.2, 0.25) is 0 Å². The van der Waals surface area contributed by atoms with Gasteiger partial charge in [-0.05, 0) is 0 Å². The Morgan fingerprint density at radius 3 is 1.18 bits per heavy atom. The second kappa shape index (κ2) is 14.1. The molecule has 0 radical (unpaired) electrons. The first-order valence-corrected chi connectivity index (χ1v) is 3.17. The first-order chi connectivity index (χ1) is 5.78. The van der Waals surface area contributed by atoms with E-state index in [1.807, 2.05) is 0 Å². The van der Waals surface area contributed by atoms with Gasteiger partial charge in [0, 0.05) is 0 Å². The molecule has 0 aromatic heterocycles. The first-order valence-electron chi connectivity index (χ1n) is 3.17. The zero-order valence-corrected chi connectivity index (χ0v) is 7.65. The summed E-state index contributed by atoms with van der Waals surface area (Å²) in [5.74, 6) is -5.02. The van der Waals surface area contributed by atoms with Crippen LogP contribution < -0.4 is 0 Å². The Kier molecular flexibility index (Phi) is 25.8. The molecule has 0 atom stereocenters. The van der Waals surface area contributed by atoms with E-state index in [-0.39, 0.29) is 101 Å². The Labute approximate surface area is 170 Å². The van der Waals surface area contributed by atoms with Crippen LogP contribution in [0, 0.1) is 0 Å². The third-order valence-corrected chi connectivity index (χ3v) is 1.29. The van der Waals surface area contributed by atoms with Crippen molar-refractivity contribution in [1.82, 2.24) is 0 Å². The molecule has 17 heavy (non-hydrogen) atoms. The van der Waals surface area contributed by atoms with Crippen molar-refractivity contribution >= 4 is 119 Å². The van der Waals surface area contributed by atoms with Crippen LogP contribution in [0.15, 0.2) is 0 Å². The molecule has 4 N–H and O–H groups in total. The number of hydrogen-bond donors (Lipinski definition) is 4. The molecule has 11 heteroatoms. The quantitative estimate of drug-likeness (QED) is 0.404. The van der Waals surface area contributed by atoms with Crippen molar-refractivity contribution in [1.29, 1.82) is 0 Å². The van der Waals surface area contributed by atoms with E-state index >= 15 is 0 Å². The van der Waals surface area contributed by atoms with Gasteiger partial charge >= 0.3 is 107 Å². The number of halogens is 1. The number of hydrogen-bond acceptors (Lipinski definition) is 4. The average Bonchev–Trinajstić information content (AvgIpc) is 1.82. The number of carbonyl (C=O) groups is 3. The summed E-state index contributed by atoms with van der Waals surface area (Å²) >= 11 is 0. The molecule has 88 valence electrons. The van der Waals surface area contributed by atoms with Gasteiger partial charge in [-0.2, -0.15) is 0 Å². The van der Waals surface area contributed by atoms with Crippen molar-refractivity contribution in [2.75, 3.05) is 0 Å². The van der Waals surface area contributed by atoms with Crippen LogP contribution in [0.5, 0.6) is 0 Å². The van der Waals surface area contributed by atoms with Crippen molar-refractivity contribution in [2.24, 2.45) is 0 Å². The van der Waals surface area contributed by atoms with Gasteiger partial charge in [-0.1, -0.05) is 0 Å². The van der Waals surface area contributed by atoms with Crippen molar-refractivity contribution in [3.63, 3.8) is 0 Å². The van der Waals surface area contributed by atoms with Crippen LogP contribution in [0.2, 0.25) is 0 Å². The second-order valence-electron chi connectivity index (χ2n) is 2.48. The zero-order valence-electron chi connectivity index (χ0n) is 6.84. The summed E-state index contributed by atoms with van der Waals surface area (Å²) in [4.78, 5) is 30.5. The topological polar surface area (TPSA) is 132 Å². The number of aliphatic hydroxyl groups is 1. The molecular weight excluding hydrogens is 288 g/mol. The Morgan fingerprint density at radius 1 is 0.824 bits per heavy atom. The van der Waals surface area contributed by atoms with E-state index in [0.29, 0.717) is 0 Å². The molecule has 0 aromatic carbocycles. The Bertz CT molecular complexity index is 244. The maximum absolute atomic E-state index is 10.3. The normalized spacial score (nSPS) is 8.29. The van der Waals surface area contributed by atoms with Crippen molar-refractivity contribution in [3.05, 3.63) is 0 Å². The molecule has 0 aliphatic carbocycles. The summed E-state index contributed by atoms with van der Waals surface area (Å²) in [7, 11) is 0. The molecule has 0 fully saturated rings. The van der Waals surface area contributed by atoms with Gasteiger partial charge < -0.3 is 20.4 Å². The molecule has 0 rings (SSSR count). The fourth-order valence-corrected chi connectivity index (χ4v) is 0.714. The number of carboxylic acid groups (broad SMARTS) is 3. The Hall–Kier alpha value is 1.66. The molecular formula is C6H12ClNa3O7. The molecule has 0 saturated heterocycles. The van der Waals surface area contributed by atoms with Gasteiger partial charge in [-0.25, -0.2) is 4.79 Å². The summed E-state index contributed by atoms with van der Waals surface area (Å²) in [5.41, 5.74) is -2.74. The molecule has 0 saturated carbocycles. The number of carboxylic acids is 3. The predicted molar refractivity (Wildman–Crippen MR) is 65.8 cm³/mol. The summed E-state index contributed by atoms with van der Waals surface area (Å²) in [6, 6.07) is 0. The SMILES string of the molecule is Cl.O=C(O)CC(O)(CC(=O)O)C(=O)O.[NaH].[NaH].[NaH]. The monoisotopic (exact) mass is 300 g/mol. The van der Waals surface area contributed by atoms with E-state index in [4.69, 9.17) is 20.4 Å². The summed E-state index contributed by atoms with van der Waals surface area (Å²) in [6.07, 6.45) is -2.29. The molecule has 0 unspecified atom stereocenters. The van der Waals surface area contributed by atoms with Crippen LogP contribution in [0.3, 0.4) is 0 Å². The van der Waals surface area contributed by atoms with Gasteiger partial charge in [0.05, 0.1) is 12.8 Å². The van der Waals surface area contributed by atoms with Crippen LogP contribution in [-0.4, -0.2) is 133 Å². The molecule has 0 aromatic rings. The summed E-state index contributed by atoms with van der Waals surface area (Å²) in [6.45, 7) is 0. The molecule has 0 aliphatic heterocycles. The Morgan fingerprint density at radius 2 is 1.06 bits per heavy atom. The first kappa shape index (κ1) is 31.2. The van der Waals surface area contributed by atoms with E-state index in [0.717, 1.165) is 0 Å². The van der Waals surface area contributed by atoms with Gasteiger partial charge in [-0.15, -0.1) is 12.4 Å². The zero-order chi connectivity index (χ0) is 10.6. The molecule has 0 aliphatic rings. The van der Waals surface area contributed by atoms with Gasteiger partial charge in [0.25, 0.3) is 0 Å². The van der Waals surface area contributed by atoms with E-state index in [1.165, 1.54) is 0 Å². The molecule has 7 nitrogen and oxygen atoms in total. The maximum atomic E-state index is 10.3. The predicted octanol–water partition coefficient (Wildman–Crippen LogP) is -2.77. The summed E-state index contributed by atoms with van der Waals surface area (Å²) < 4.78 is 0. The van der Waals surface area contributed by atoms with Gasteiger partial charge in [0.1, 0.15) is 0 Å². The van der Waals surface area contributed by atoms with E-state index in [1.54, 1.807) is 0 Å². The molecule has 0 amide bonds. The molecule has 0 bridgehead atoms. The molecule has 0 spiro atoms. The van der Waals surface area contributed by atoms with Crippen LogP contribution in [0.4, 0.5) is 0 Å². The second-order valence-corrected chi connectivity index (χ2v) is 2.48. The summed E-state index contributed by atoms with van der Waals surface area (Å²) in [5, 5.41) is 33.8. The minimum absolute atomic E-state index is 0.